The van der Waals surface area contributed by atoms with Crippen molar-refractivity contribution in [2.75, 3.05) is 6.54 Å². The highest BCUT2D eigenvalue weighted by molar-refractivity contribution is 7.99. The number of aromatic nitrogens is 1. The second-order valence-corrected chi connectivity index (χ2v) is 6.67. The fourth-order valence-corrected chi connectivity index (χ4v) is 3.11. The first-order chi connectivity index (χ1) is 13.1. The van der Waals surface area contributed by atoms with E-state index in [4.69, 9.17) is 0 Å². The molecule has 0 aliphatic carbocycles. The van der Waals surface area contributed by atoms with Gasteiger partial charge in [-0.3, -0.25) is 14.9 Å². The van der Waals surface area contributed by atoms with Crippen molar-refractivity contribution in [2.45, 2.75) is 36.0 Å². The van der Waals surface area contributed by atoms with Crippen LogP contribution in [0.15, 0.2) is 46.5 Å². The van der Waals surface area contributed by atoms with Crippen molar-refractivity contribution < 1.29 is 27.3 Å². The largest absolute Gasteiger partial charge is 0.487 e. The Morgan fingerprint density at radius 2 is 2.04 bits per heavy atom. The van der Waals surface area contributed by atoms with Gasteiger partial charge in [-0.2, -0.15) is 0 Å². The van der Waals surface area contributed by atoms with Crippen molar-refractivity contribution in [3.05, 3.63) is 58.0 Å². The van der Waals surface area contributed by atoms with Crippen molar-refractivity contribution >= 4 is 23.4 Å². The van der Waals surface area contributed by atoms with E-state index in [0.717, 1.165) is 6.07 Å². The number of hydrogen-bond donors (Lipinski definition) is 0. The molecule has 28 heavy (non-hydrogen) atoms. The fourth-order valence-electron chi connectivity index (χ4n) is 2.24. The maximum atomic E-state index is 14.8. The molecule has 0 bridgehead atoms. The van der Waals surface area contributed by atoms with E-state index in [-0.39, 0.29) is 16.3 Å². The lowest BCUT2D eigenvalue weighted by molar-refractivity contribution is -0.385. The summed E-state index contributed by atoms with van der Waals surface area (Å²) in [5.41, 5.74) is -1.71. The van der Waals surface area contributed by atoms with E-state index in [1.54, 1.807) is 19.1 Å². The Hall–Kier alpha value is -2.69. The van der Waals surface area contributed by atoms with Crippen molar-refractivity contribution in [1.29, 1.82) is 0 Å². The van der Waals surface area contributed by atoms with Gasteiger partial charge in [-0.15, -0.1) is 13.2 Å². The van der Waals surface area contributed by atoms with Gasteiger partial charge in [-0.25, -0.2) is 14.3 Å². The van der Waals surface area contributed by atoms with Crippen LogP contribution < -0.4 is 0 Å². The summed E-state index contributed by atoms with van der Waals surface area (Å²) in [6.45, 7) is 0.957. The van der Waals surface area contributed by atoms with Crippen LogP contribution in [0.2, 0.25) is 0 Å². The number of pyridine rings is 1. The molecule has 0 unspecified atom stereocenters. The molecule has 2 rings (SSSR count). The first-order valence-corrected chi connectivity index (χ1v) is 8.92. The predicted octanol–water partition coefficient (Wildman–Crippen LogP) is 5.04. The molecule has 150 valence electrons. The maximum absolute atomic E-state index is 14.8. The van der Waals surface area contributed by atoms with Crippen molar-refractivity contribution in [2.24, 2.45) is 0 Å². The Morgan fingerprint density at radius 1 is 1.32 bits per heavy atom. The SMILES string of the molecule is CCCCN(C(=O)c1cc([N+](=O)[O-])cc(Sc2ccccn2)c1F)C(F)(F)F. The van der Waals surface area contributed by atoms with E-state index in [0.29, 0.717) is 24.2 Å². The summed E-state index contributed by atoms with van der Waals surface area (Å²) >= 11 is 0.672. The van der Waals surface area contributed by atoms with Gasteiger partial charge >= 0.3 is 6.30 Å². The minimum Gasteiger partial charge on any atom is -0.269 e. The molecule has 0 aliphatic rings. The average Bonchev–Trinajstić information content (AvgIpc) is 2.63. The van der Waals surface area contributed by atoms with E-state index >= 15 is 0 Å². The summed E-state index contributed by atoms with van der Waals surface area (Å²) in [4.78, 5) is 25.8. The predicted molar refractivity (Wildman–Crippen MR) is 93.4 cm³/mol. The van der Waals surface area contributed by atoms with Crippen LogP contribution in [-0.2, 0) is 0 Å². The third-order valence-electron chi connectivity index (χ3n) is 3.60. The minimum atomic E-state index is -5.04. The molecule has 0 atom stereocenters. The number of carbonyl (C=O) groups excluding carboxylic acids is 1. The van der Waals surface area contributed by atoms with Gasteiger partial charge in [-0.1, -0.05) is 31.2 Å². The van der Waals surface area contributed by atoms with Crippen LogP contribution in [0, 0.1) is 15.9 Å². The van der Waals surface area contributed by atoms with E-state index in [2.05, 4.69) is 4.98 Å². The number of halogens is 4. The van der Waals surface area contributed by atoms with Crippen molar-refractivity contribution in [1.82, 2.24) is 9.88 Å². The molecule has 11 heteroatoms. The van der Waals surface area contributed by atoms with Crippen LogP contribution in [0.4, 0.5) is 23.2 Å². The normalized spacial score (nSPS) is 11.3. The topological polar surface area (TPSA) is 76.3 Å². The number of nitro groups is 1. The first kappa shape index (κ1) is 21.6. The molecule has 1 heterocycles. The number of carbonyl (C=O) groups is 1. The lowest BCUT2D eigenvalue weighted by Gasteiger charge is -2.25. The Morgan fingerprint density at radius 3 is 2.57 bits per heavy atom. The third kappa shape index (κ3) is 5.18. The summed E-state index contributed by atoms with van der Waals surface area (Å²) in [6, 6.07) is 6.05. The van der Waals surface area contributed by atoms with Gasteiger partial charge in [0.25, 0.3) is 11.6 Å². The summed E-state index contributed by atoms with van der Waals surface area (Å²) in [6.07, 6.45) is -3.23. The molecule has 0 spiro atoms. The lowest BCUT2D eigenvalue weighted by Crippen LogP contribution is -2.43. The molecule has 0 radical (unpaired) electrons. The lowest BCUT2D eigenvalue weighted by atomic mass is 10.1. The minimum absolute atomic E-state index is 0.0390. The standard InChI is InChI=1S/C17H15F4N3O3S/c1-2-3-8-23(17(19,20)21)16(25)12-9-11(24(26)27)10-13(15(12)18)28-14-6-4-5-7-22-14/h4-7,9-10H,2-3,8H2,1H3. The molecule has 0 aliphatic heterocycles. The van der Waals surface area contributed by atoms with Gasteiger partial charge in [-0.05, 0) is 18.6 Å². The molecule has 1 aromatic carbocycles. The molecule has 2 aromatic rings. The van der Waals surface area contributed by atoms with Crippen LogP contribution in [0.5, 0.6) is 0 Å². The number of benzene rings is 1. The van der Waals surface area contributed by atoms with Crippen LogP contribution >= 0.6 is 11.8 Å². The second-order valence-electron chi connectivity index (χ2n) is 5.61. The highest BCUT2D eigenvalue weighted by atomic mass is 32.2. The molecule has 1 aromatic heterocycles. The van der Waals surface area contributed by atoms with E-state index in [1.165, 1.54) is 12.3 Å². The number of nitrogens with zero attached hydrogens (tertiary/aromatic N) is 3. The van der Waals surface area contributed by atoms with E-state index in [9.17, 15) is 32.5 Å². The van der Waals surface area contributed by atoms with Crippen molar-refractivity contribution in [3.63, 3.8) is 0 Å². The smallest absolute Gasteiger partial charge is 0.269 e. The molecular weight excluding hydrogens is 402 g/mol. The third-order valence-corrected chi connectivity index (χ3v) is 4.57. The molecule has 0 fully saturated rings. The highest BCUT2D eigenvalue weighted by Crippen LogP contribution is 2.35. The number of amides is 1. The molecule has 0 saturated carbocycles. The molecule has 0 saturated heterocycles. The number of non-ortho nitro benzene ring substituents is 1. The fraction of sp³-hybridized carbons (Fsp3) is 0.294. The summed E-state index contributed by atoms with van der Waals surface area (Å²) in [5.74, 6) is -2.94. The van der Waals surface area contributed by atoms with Gasteiger partial charge in [0.1, 0.15) is 10.8 Å². The molecule has 6 nitrogen and oxygen atoms in total. The monoisotopic (exact) mass is 417 g/mol. The zero-order valence-corrected chi connectivity index (χ0v) is 15.4. The van der Waals surface area contributed by atoms with Crippen LogP contribution in [-0.4, -0.2) is 33.6 Å². The highest BCUT2D eigenvalue weighted by Gasteiger charge is 2.42. The average molecular weight is 417 g/mol. The zero-order chi connectivity index (χ0) is 20.9. The van der Waals surface area contributed by atoms with E-state index in [1.807, 2.05) is 0 Å². The Labute approximate surface area is 161 Å². The summed E-state index contributed by atoms with van der Waals surface area (Å²) in [5, 5.41) is 11.4. The quantitative estimate of drug-likeness (QED) is 0.273. The maximum Gasteiger partial charge on any atom is 0.487 e. The second kappa shape index (κ2) is 9.00. The molecule has 1 amide bonds. The number of rotatable bonds is 7. The Balaban J connectivity index is 2.52. The van der Waals surface area contributed by atoms with E-state index < -0.39 is 45.6 Å². The van der Waals surface area contributed by atoms with Gasteiger partial charge in [0.05, 0.1) is 15.4 Å². The van der Waals surface area contributed by atoms with Gasteiger partial charge < -0.3 is 0 Å². The Kier molecular flexibility index (Phi) is 6.95. The number of nitro benzene ring substituents is 1. The molecule has 0 N–H and O–H groups in total. The number of unbranched alkanes of at least 4 members (excludes halogenated alkanes) is 1. The number of hydrogen-bond acceptors (Lipinski definition) is 5. The first-order valence-electron chi connectivity index (χ1n) is 8.10. The summed E-state index contributed by atoms with van der Waals surface area (Å²) in [7, 11) is 0. The summed E-state index contributed by atoms with van der Waals surface area (Å²) < 4.78 is 54.6. The van der Waals surface area contributed by atoms with Crippen LogP contribution in [0.25, 0.3) is 0 Å². The van der Waals surface area contributed by atoms with Crippen LogP contribution in [0.3, 0.4) is 0 Å². The van der Waals surface area contributed by atoms with Gasteiger partial charge in [0, 0.05) is 24.9 Å². The van der Waals surface area contributed by atoms with Crippen molar-refractivity contribution in [3.8, 4) is 0 Å². The molecular formula is C17H15F4N3O3S. The Bertz CT molecular complexity index is 863. The number of alkyl halides is 3. The van der Waals surface area contributed by atoms with Gasteiger partial charge in [0.15, 0.2) is 0 Å². The van der Waals surface area contributed by atoms with Crippen LogP contribution in [0.1, 0.15) is 30.1 Å². The zero-order valence-electron chi connectivity index (χ0n) is 14.6. The van der Waals surface area contributed by atoms with Gasteiger partial charge in [0.2, 0.25) is 0 Å².